The average Bonchev–Trinajstić information content (AvgIpc) is 3.00. The Morgan fingerprint density at radius 3 is 2.72 bits per heavy atom. The highest BCUT2D eigenvalue weighted by molar-refractivity contribution is 7.71. The van der Waals surface area contributed by atoms with E-state index in [2.05, 4.69) is 46.5 Å². The van der Waals surface area contributed by atoms with Gasteiger partial charge >= 0.3 is 0 Å². The van der Waals surface area contributed by atoms with Crippen molar-refractivity contribution >= 4 is 18.4 Å². The fourth-order valence-electron chi connectivity index (χ4n) is 2.36. The van der Waals surface area contributed by atoms with Gasteiger partial charge in [0.25, 0.3) is 0 Å². The zero-order chi connectivity index (χ0) is 17.6. The molecule has 0 amide bonds. The monoisotopic (exact) mass is 352 g/mol. The maximum absolute atomic E-state index is 5.97. The zero-order valence-corrected chi connectivity index (χ0v) is 15.1. The van der Waals surface area contributed by atoms with Crippen LogP contribution in [0.2, 0.25) is 0 Å². The molecule has 1 aromatic heterocycles. The van der Waals surface area contributed by atoms with Gasteiger partial charge in [-0.1, -0.05) is 48.9 Å². The van der Waals surface area contributed by atoms with Crippen molar-refractivity contribution in [2.45, 2.75) is 26.9 Å². The van der Waals surface area contributed by atoms with Crippen LogP contribution in [0.5, 0.6) is 5.75 Å². The van der Waals surface area contributed by atoms with E-state index in [1.165, 1.54) is 5.56 Å². The van der Waals surface area contributed by atoms with E-state index in [9.17, 15) is 0 Å². The lowest BCUT2D eigenvalue weighted by Gasteiger charge is -2.09. The summed E-state index contributed by atoms with van der Waals surface area (Å²) in [5, 5.41) is 11.4. The van der Waals surface area contributed by atoms with Crippen LogP contribution in [0, 0.1) is 11.7 Å². The van der Waals surface area contributed by atoms with Crippen LogP contribution in [-0.2, 0) is 13.0 Å². The standard InChI is InChI=1S/C19H20N4OS/c1-3-18-21-22-19(25)23(18)20-12-16-6-4-5-7-17(16)24-13-15-10-8-14(2)9-11-15/h4-12H,3,13H2,1-2H3,(H,22,25)/b20-12-. The van der Waals surface area contributed by atoms with Crippen LogP contribution in [0.4, 0.5) is 0 Å². The minimum Gasteiger partial charge on any atom is -0.488 e. The van der Waals surface area contributed by atoms with Crippen LogP contribution >= 0.6 is 12.2 Å². The fraction of sp³-hybridized carbons (Fsp3) is 0.211. The Balaban J connectivity index is 1.78. The lowest BCUT2D eigenvalue weighted by molar-refractivity contribution is 0.306. The first-order chi connectivity index (χ1) is 12.2. The molecule has 3 aromatic rings. The van der Waals surface area contributed by atoms with E-state index in [0.29, 0.717) is 11.4 Å². The van der Waals surface area contributed by atoms with E-state index in [4.69, 9.17) is 17.0 Å². The molecule has 0 bridgehead atoms. The topological polar surface area (TPSA) is 55.2 Å². The molecular weight excluding hydrogens is 332 g/mol. The van der Waals surface area contributed by atoms with E-state index < -0.39 is 0 Å². The van der Waals surface area contributed by atoms with E-state index in [0.717, 1.165) is 29.1 Å². The van der Waals surface area contributed by atoms with Gasteiger partial charge in [-0.15, -0.1) is 0 Å². The van der Waals surface area contributed by atoms with Crippen LogP contribution < -0.4 is 4.74 Å². The van der Waals surface area contributed by atoms with Crippen molar-refractivity contribution in [3.8, 4) is 5.75 Å². The second-order valence-corrected chi connectivity index (χ2v) is 6.05. The third kappa shape index (κ3) is 4.22. The second-order valence-electron chi connectivity index (χ2n) is 5.67. The summed E-state index contributed by atoms with van der Waals surface area (Å²) in [5.74, 6) is 1.57. The van der Waals surface area contributed by atoms with Gasteiger partial charge in [-0.3, -0.25) is 5.10 Å². The maximum Gasteiger partial charge on any atom is 0.216 e. The summed E-state index contributed by atoms with van der Waals surface area (Å²) < 4.78 is 8.08. The van der Waals surface area contributed by atoms with Crippen LogP contribution in [0.15, 0.2) is 53.6 Å². The molecule has 0 unspecified atom stereocenters. The molecule has 5 nitrogen and oxygen atoms in total. The summed E-state index contributed by atoms with van der Waals surface area (Å²) in [6, 6.07) is 16.1. The van der Waals surface area contributed by atoms with Crippen LogP contribution in [-0.4, -0.2) is 21.1 Å². The minimum atomic E-state index is 0.478. The van der Waals surface area contributed by atoms with E-state index in [1.54, 1.807) is 10.9 Å². The molecule has 2 aromatic carbocycles. The number of benzene rings is 2. The SMILES string of the molecule is CCc1n[nH]c(=S)n1/N=C\c1ccccc1OCc1ccc(C)cc1. The van der Waals surface area contributed by atoms with Crippen LogP contribution in [0.1, 0.15) is 29.4 Å². The number of ether oxygens (including phenoxy) is 1. The predicted molar refractivity (Wildman–Crippen MR) is 102 cm³/mol. The molecule has 0 saturated carbocycles. The van der Waals surface area contributed by atoms with Gasteiger partial charge in [0.2, 0.25) is 4.77 Å². The highest BCUT2D eigenvalue weighted by Crippen LogP contribution is 2.18. The van der Waals surface area contributed by atoms with E-state index in [-0.39, 0.29) is 0 Å². The van der Waals surface area contributed by atoms with Gasteiger partial charge in [0.15, 0.2) is 5.82 Å². The molecule has 0 fully saturated rings. The third-order valence-electron chi connectivity index (χ3n) is 3.78. The summed E-state index contributed by atoms with van der Waals surface area (Å²) in [7, 11) is 0. The fourth-order valence-corrected chi connectivity index (χ4v) is 2.55. The third-order valence-corrected chi connectivity index (χ3v) is 4.04. The summed E-state index contributed by atoms with van der Waals surface area (Å²) in [5.41, 5.74) is 3.25. The Morgan fingerprint density at radius 1 is 1.20 bits per heavy atom. The molecule has 6 heteroatoms. The van der Waals surface area contributed by atoms with Gasteiger partial charge in [0.1, 0.15) is 12.4 Å². The summed E-state index contributed by atoms with van der Waals surface area (Å²) in [6.45, 7) is 4.59. The molecular formula is C19H20N4OS. The van der Waals surface area contributed by atoms with Gasteiger partial charge in [0.05, 0.1) is 6.21 Å². The van der Waals surface area contributed by atoms with Crippen molar-refractivity contribution in [1.82, 2.24) is 14.9 Å². The Morgan fingerprint density at radius 2 is 1.96 bits per heavy atom. The van der Waals surface area contributed by atoms with E-state index >= 15 is 0 Å². The number of para-hydroxylation sites is 1. The predicted octanol–water partition coefficient (Wildman–Crippen LogP) is 4.27. The molecule has 3 rings (SSSR count). The van der Waals surface area contributed by atoms with Crippen molar-refractivity contribution in [1.29, 1.82) is 0 Å². The number of aromatic amines is 1. The summed E-state index contributed by atoms with van der Waals surface area (Å²) in [4.78, 5) is 0. The number of hydrogen-bond acceptors (Lipinski definition) is 4. The molecule has 1 heterocycles. The molecule has 0 aliphatic heterocycles. The van der Waals surface area contributed by atoms with Crippen molar-refractivity contribution in [3.05, 3.63) is 75.8 Å². The maximum atomic E-state index is 5.97. The summed E-state index contributed by atoms with van der Waals surface area (Å²) >= 11 is 5.21. The number of hydrogen-bond donors (Lipinski definition) is 1. The zero-order valence-electron chi connectivity index (χ0n) is 14.3. The van der Waals surface area contributed by atoms with E-state index in [1.807, 2.05) is 31.2 Å². The van der Waals surface area contributed by atoms with Gasteiger partial charge in [0, 0.05) is 12.0 Å². The summed E-state index contributed by atoms with van der Waals surface area (Å²) in [6.07, 6.45) is 2.49. The lowest BCUT2D eigenvalue weighted by Crippen LogP contribution is -2.00. The van der Waals surface area contributed by atoms with Crippen molar-refractivity contribution in [3.63, 3.8) is 0 Å². The number of nitrogens with one attached hydrogen (secondary N) is 1. The number of aromatic nitrogens is 3. The molecule has 128 valence electrons. The molecule has 0 aliphatic rings. The van der Waals surface area contributed by atoms with Gasteiger partial charge < -0.3 is 4.74 Å². The Bertz CT molecular complexity index is 925. The lowest BCUT2D eigenvalue weighted by atomic mass is 10.1. The number of aryl methyl sites for hydroxylation is 2. The van der Waals surface area contributed by atoms with Crippen molar-refractivity contribution < 1.29 is 4.74 Å². The van der Waals surface area contributed by atoms with Gasteiger partial charge in [-0.25, -0.2) is 0 Å². The normalized spacial score (nSPS) is 11.1. The quantitative estimate of drug-likeness (QED) is 0.532. The number of nitrogens with zero attached hydrogens (tertiary/aromatic N) is 3. The van der Waals surface area contributed by atoms with Crippen molar-refractivity contribution in [2.75, 3.05) is 0 Å². The number of rotatable bonds is 6. The van der Waals surface area contributed by atoms with Crippen LogP contribution in [0.25, 0.3) is 0 Å². The molecule has 25 heavy (non-hydrogen) atoms. The highest BCUT2D eigenvalue weighted by atomic mass is 32.1. The van der Waals surface area contributed by atoms with Crippen LogP contribution in [0.3, 0.4) is 0 Å². The first-order valence-corrected chi connectivity index (χ1v) is 8.56. The second kappa shape index (κ2) is 7.90. The smallest absolute Gasteiger partial charge is 0.216 e. The first kappa shape index (κ1) is 17.1. The average molecular weight is 352 g/mol. The molecule has 0 radical (unpaired) electrons. The molecule has 0 atom stereocenters. The highest BCUT2D eigenvalue weighted by Gasteiger charge is 2.04. The minimum absolute atomic E-state index is 0.478. The first-order valence-electron chi connectivity index (χ1n) is 8.15. The molecule has 0 aliphatic carbocycles. The largest absolute Gasteiger partial charge is 0.488 e. The Labute approximate surface area is 152 Å². The number of H-pyrrole nitrogens is 1. The molecule has 1 N–H and O–H groups in total. The van der Waals surface area contributed by atoms with Gasteiger partial charge in [-0.2, -0.15) is 14.9 Å². The Kier molecular flexibility index (Phi) is 5.40. The Hall–Kier alpha value is -2.73. The molecule has 0 spiro atoms. The van der Waals surface area contributed by atoms with Crippen molar-refractivity contribution in [2.24, 2.45) is 5.10 Å². The van der Waals surface area contributed by atoms with Gasteiger partial charge in [-0.05, 0) is 36.8 Å². The molecule has 0 saturated heterocycles.